The van der Waals surface area contributed by atoms with E-state index in [0.29, 0.717) is 12.3 Å². The van der Waals surface area contributed by atoms with E-state index in [-0.39, 0.29) is 13.0 Å². The van der Waals surface area contributed by atoms with Crippen LogP contribution in [-0.2, 0) is 27.9 Å². The minimum Gasteiger partial charge on any atom is -0.351 e. The molecule has 1 atom stereocenters. The number of nitrogens with zero attached hydrogens (tertiary/aromatic N) is 2. The van der Waals surface area contributed by atoms with Gasteiger partial charge in [0.15, 0.2) is 0 Å². The second-order valence-corrected chi connectivity index (χ2v) is 9.83. The van der Waals surface area contributed by atoms with E-state index in [1.807, 2.05) is 41.3 Å². The van der Waals surface area contributed by atoms with Gasteiger partial charge in [0.1, 0.15) is 16.8 Å². The number of thioether (sulfide) groups is 1. The second-order valence-electron chi connectivity index (χ2n) is 7.16. The molecule has 0 bridgehead atoms. The Hall–Kier alpha value is -2.69. The van der Waals surface area contributed by atoms with Crippen LogP contribution in [0.3, 0.4) is 0 Å². The predicted octanol–water partition coefficient (Wildman–Crippen LogP) is 2.79. The van der Waals surface area contributed by atoms with Crippen molar-refractivity contribution in [2.75, 3.05) is 12.0 Å². The van der Waals surface area contributed by atoms with Gasteiger partial charge < -0.3 is 9.88 Å². The van der Waals surface area contributed by atoms with Gasteiger partial charge in [-0.15, -0.1) is 0 Å². The summed E-state index contributed by atoms with van der Waals surface area (Å²) in [6, 6.07) is 11.8. The van der Waals surface area contributed by atoms with Crippen LogP contribution in [0.2, 0.25) is 0 Å². The number of sulfonamides is 1. The third-order valence-electron chi connectivity index (χ3n) is 4.73. The minimum atomic E-state index is -4.19. The fourth-order valence-corrected chi connectivity index (χ4v) is 4.91. The van der Waals surface area contributed by atoms with Crippen molar-refractivity contribution in [3.63, 3.8) is 0 Å². The van der Waals surface area contributed by atoms with Crippen LogP contribution in [0.1, 0.15) is 17.5 Å². The number of aromatic nitrogens is 2. The fraction of sp³-hybridized carbons (Fsp3) is 0.273. The van der Waals surface area contributed by atoms with Crippen molar-refractivity contribution in [2.24, 2.45) is 0 Å². The Morgan fingerprint density at radius 2 is 1.97 bits per heavy atom. The zero-order valence-corrected chi connectivity index (χ0v) is 19.2. The van der Waals surface area contributed by atoms with E-state index in [1.54, 1.807) is 12.5 Å². The molecule has 0 fully saturated rings. The van der Waals surface area contributed by atoms with Crippen molar-refractivity contribution in [3.8, 4) is 0 Å². The number of imidazole rings is 1. The smallest absolute Gasteiger partial charge is 0.244 e. The number of nitrogens with one attached hydrogen (secondary N) is 2. The number of benzene rings is 2. The maximum Gasteiger partial charge on any atom is 0.244 e. The molecule has 3 aromatic rings. The SMILES string of the molecule is CSCCC(NS(=O)(=O)c1ccccc1F)C(=O)NCc1cccc(Cn2ccnc2)c1. The predicted molar refractivity (Wildman–Crippen MR) is 123 cm³/mol. The molecule has 10 heteroatoms. The Labute approximate surface area is 191 Å². The van der Waals surface area contributed by atoms with E-state index in [4.69, 9.17) is 0 Å². The Balaban J connectivity index is 1.67. The molecule has 2 aromatic carbocycles. The van der Waals surface area contributed by atoms with E-state index < -0.39 is 32.7 Å². The number of carbonyl (C=O) groups is 1. The van der Waals surface area contributed by atoms with Crippen LogP contribution in [0.15, 0.2) is 72.1 Å². The lowest BCUT2D eigenvalue weighted by molar-refractivity contribution is -0.122. The van der Waals surface area contributed by atoms with Crippen LogP contribution in [0.25, 0.3) is 0 Å². The summed E-state index contributed by atoms with van der Waals surface area (Å²) in [7, 11) is -4.19. The van der Waals surface area contributed by atoms with Gasteiger partial charge in [0.2, 0.25) is 15.9 Å². The first-order chi connectivity index (χ1) is 15.4. The van der Waals surface area contributed by atoms with Crippen LogP contribution in [-0.4, -0.2) is 41.9 Å². The van der Waals surface area contributed by atoms with Crippen molar-refractivity contribution in [3.05, 3.63) is 84.2 Å². The van der Waals surface area contributed by atoms with Gasteiger partial charge in [-0.2, -0.15) is 16.5 Å². The molecule has 1 aromatic heterocycles. The molecule has 3 rings (SSSR count). The summed E-state index contributed by atoms with van der Waals surface area (Å²) in [5.41, 5.74) is 1.94. The zero-order chi connectivity index (χ0) is 23.0. The molecule has 7 nitrogen and oxygen atoms in total. The number of hydrogen-bond donors (Lipinski definition) is 2. The first kappa shape index (κ1) is 24.0. The number of halogens is 1. The largest absolute Gasteiger partial charge is 0.351 e. The van der Waals surface area contributed by atoms with E-state index >= 15 is 0 Å². The summed E-state index contributed by atoms with van der Waals surface area (Å²) in [5.74, 6) is -0.754. The molecule has 2 N–H and O–H groups in total. The third-order valence-corrected chi connectivity index (χ3v) is 6.88. The highest BCUT2D eigenvalue weighted by molar-refractivity contribution is 7.98. The average molecular weight is 477 g/mol. The molecule has 0 radical (unpaired) electrons. The molecule has 1 heterocycles. The molecule has 1 amide bonds. The summed E-state index contributed by atoms with van der Waals surface area (Å²) < 4.78 is 43.6. The molecule has 0 saturated carbocycles. The van der Waals surface area contributed by atoms with Crippen LogP contribution in [0.4, 0.5) is 4.39 Å². The quantitative estimate of drug-likeness (QED) is 0.444. The second kappa shape index (κ2) is 11.3. The van der Waals surface area contributed by atoms with Crippen molar-refractivity contribution in [2.45, 2.75) is 30.4 Å². The monoisotopic (exact) mass is 476 g/mol. The van der Waals surface area contributed by atoms with E-state index in [2.05, 4.69) is 15.0 Å². The van der Waals surface area contributed by atoms with E-state index in [0.717, 1.165) is 17.2 Å². The average Bonchev–Trinajstić information content (AvgIpc) is 3.28. The molecule has 1 unspecified atom stereocenters. The number of amides is 1. The van der Waals surface area contributed by atoms with E-state index in [1.165, 1.54) is 30.0 Å². The van der Waals surface area contributed by atoms with Crippen LogP contribution in [0, 0.1) is 5.82 Å². The molecular formula is C22H25FN4O3S2. The topological polar surface area (TPSA) is 93.1 Å². The first-order valence-corrected chi connectivity index (χ1v) is 12.8. The molecule has 32 heavy (non-hydrogen) atoms. The van der Waals surface area contributed by atoms with Gasteiger partial charge in [0.05, 0.1) is 6.33 Å². The van der Waals surface area contributed by atoms with Crippen molar-refractivity contribution in [1.29, 1.82) is 0 Å². The van der Waals surface area contributed by atoms with Crippen LogP contribution >= 0.6 is 11.8 Å². The molecule has 0 aliphatic heterocycles. The summed E-state index contributed by atoms with van der Waals surface area (Å²) in [5, 5.41) is 2.79. The van der Waals surface area contributed by atoms with E-state index in [9.17, 15) is 17.6 Å². The Morgan fingerprint density at radius 3 is 2.69 bits per heavy atom. The summed E-state index contributed by atoms with van der Waals surface area (Å²) in [6.45, 7) is 0.897. The highest BCUT2D eigenvalue weighted by Crippen LogP contribution is 2.15. The molecule has 0 spiro atoms. The van der Waals surface area contributed by atoms with Crippen LogP contribution < -0.4 is 10.0 Å². The molecule has 0 saturated heterocycles. The van der Waals surface area contributed by atoms with Gasteiger partial charge in [0.25, 0.3) is 0 Å². The lowest BCUT2D eigenvalue weighted by Crippen LogP contribution is -2.46. The molecule has 170 valence electrons. The summed E-state index contributed by atoms with van der Waals surface area (Å²) >= 11 is 1.49. The highest BCUT2D eigenvalue weighted by Gasteiger charge is 2.27. The third kappa shape index (κ3) is 6.65. The Bertz CT molecular complexity index is 1140. The number of carbonyl (C=O) groups excluding carboxylic acids is 1. The van der Waals surface area contributed by atoms with Crippen molar-refractivity contribution < 1.29 is 17.6 Å². The summed E-state index contributed by atoms with van der Waals surface area (Å²) in [4.78, 5) is 16.4. The van der Waals surface area contributed by atoms with Gasteiger partial charge in [-0.3, -0.25) is 4.79 Å². The lowest BCUT2D eigenvalue weighted by atomic mass is 10.1. The van der Waals surface area contributed by atoms with Gasteiger partial charge >= 0.3 is 0 Å². The van der Waals surface area contributed by atoms with Gasteiger partial charge in [-0.25, -0.2) is 17.8 Å². The maximum absolute atomic E-state index is 14.0. The lowest BCUT2D eigenvalue weighted by Gasteiger charge is -2.18. The van der Waals surface area contributed by atoms with Crippen molar-refractivity contribution in [1.82, 2.24) is 19.6 Å². The fourth-order valence-electron chi connectivity index (χ4n) is 3.13. The Morgan fingerprint density at radius 1 is 1.19 bits per heavy atom. The first-order valence-electron chi connectivity index (χ1n) is 9.96. The molecule has 0 aliphatic carbocycles. The van der Waals surface area contributed by atoms with Gasteiger partial charge in [0, 0.05) is 25.5 Å². The number of hydrogen-bond acceptors (Lipinski definition) is 5. The standard InChI is InChI=1S/C22H25FN4O3S2/c1-31-12-9-20(26-32(29,30)21-8-3-2-7-19(21)23)22(28)25-14-17-5-4-6-18(13-17)15-27-11-10-24-16-27/h2-8,10-11,13,16,20,26H,9,12,14-15H2,1H3,(H,25,28). The Kier molecular flexibility index (Phi) is 8.43. The number of rotatable bonds is 11. The normalized spacial score (nSPS) is 12.4. The highest BCUT2D eigenvalue weighted by atomic mass is 32.2. The molecule has 0 aliphatic rings. The van der Waals surface area contributed by atoms with Crippen molar-refractivity contribution >= 4 is 27.7 Å². The zero-order valence-electron chi connectivity index (χ0n) is 17.6. The molecular weight excluding hydrogens is 451 g/mol. The van der Waals surface area contributed by atoms with Gasteiger partial charge in [-0.05, 0) is 41.7 Å². The minimum absolute atomic E-state index is 0.244. The van der Waals surface area contributed by atoms with Crippen LogP contribution in [0.5, 0.6) is 0 Å². The van der Waals surface area contributed by atoms with Gasteiger partial charge in [-0.1, -0.05) is 36.4 Å². The maximum atomic E-state index is 14.0. The summed E-state index contributed by atoms with van der Waals surface area (Å²) in [6.07, 6.45) is 7.45.